The molecule has 0 radical (unpaired) electrons. The number of benzene rings is 2. The SMILES string of the molecule is O=C(Nc1cccc(F)c1)C1CC12CCN(Cc1cnc(-c3ccccc3)s1)CC2. The van der Waals surface area contributed by atoms with Crippen molar-refractivity contribution in [2.45, 2.75) is 25.8 Å². The summed E-state index contributed by atoms with van der Waals surface area (Å²) in [5.41, 5.74) is 1.84. The lowest BCUT2D eigenvalue weighted by Gasteiger charge is -2.32. The second-order valence-electron chi connectivity index (χ2n) is 8.39. The molecule has 30 heavy (non-hydrogen) atoms. The van der Waals surface area contributed by atoms with Crippen molar-refractivity contribution in [2.24, 2.45) is 11.3 Å². The van der Waals surface area contributed by atoms with Gasteiger partial charge in [-0.05, 0) is 56.0 Å². The van der Waals surface area contributed by atoms with E-state index in [-0.39, 0.29) is 23.1 Å². The lowest BCUT2D eigenvalue weighted by atomic mass is 9.90. The Kier molecular flexibility index (Phi) is 5.13. The molecule has 2 heterocycles. The zero-order valence-corrected chi connectivity index (χ0v) is 17.5. The number of halogens is 1. The Hall–Kier alpha value is -2.57. The van der Waals surface area contributed by atoms with Gasteiger partial charge in [-0.1, -0.05) is 36.4 Å². The van der Waals surface area contributed by atoms with Crippen LogP contribution in [0.25, 0.3) is 10.6 Å². The number of nitrogens with one attached hydrogen (secondary N) is 1. The van der Waals surface area contributed by atoms with Crippen molar-refractivity contribution < 1.29 is 9.18 Å². The molecule has 1 unspecified atom stereocenters. The largest absolute Gasteiger partial charge is 0.326 e. The second kappa shape index (κ2) is 7.93. The molecule has 1 aliphatic heterocycles. The number of carbonyl (C=O) groups excluding carboxylic acids is 1. The van der Waals surface area contributed by atoms with Crippen molar-refractivity contribution in [3.8, 4) is 10.6 Å². The molecule has 1 aliphatic carbocycles. The first-order valence-corrected chi connectivity index (χ1v) is 11.2. The molecule has 1 atom stereocenters. The molecule has 1 amide bonds. The third-order valence-electron chi connectivity index (χ3n) is 6.40. The van der Waals surface area contributed by atoms with Crippen LogP contribution in [0.3, 0.4) is 0 Å². The van der Waals surface area contributed by atoms with Crippen LogP contribution in [0.4, 0.5) is 10.1 Å². The predicted octanol–water partition coefficient (Wildman–Crippen LogP) is 5.19. The number of likely N-dealkylation sites (tertiary alicyclic amines) is 1. The van der Waals surface area contributed by atoms with Crippen LogP contribution >= 0.6 is 11.3 Å². The monoisotopic (exact) mass is 421 g/mol. The van der Waals surface area contributed by atoms with Crippen LogP contribution in [0.2, 0.25) is 0 Å². The van der Waals surface area contributed by atoms with Gasteiger partial charge in [0.05, 0.1) is 0 Å². The minimum Gasteiger partial charge on any atom is -0.326 e. The minimum absolute atomic E-state index is 0.0315. The topological polar surface area (TPSA) is 45.2 Å². The first-order valence-electron chi connectivity index (χ1n) is 10.4. The Morgan fingerprint density at radius 2 is 1.97 bits per heavy atom. The van der Waals surface area contributed by atoms with Gasteiger partial charge in [0.2, 0.25) is 5.91 Å². The Balaban J connectivity index is 1.14. The van der Waals surface area contributed by atoms with Gasteiger partial charge in [-0.15, -0.1) is 11.3 Å². The number of carbonyl (C=O) groups is 1. The van der Waals surface area contributed by atoms with Gasteiger partial charge < -0.3 is 5.32 Å². The molecule has 2 aromatic carbocycles. The molecule has 4 nitrogen and oxygen atoms in total. The zero-order chi connectivity index (χ0) is 20.6. The maximum Gasteiger partial charge on any atom is 0.228 e. The van der Waals surface area contributed by atoms with E-state index in [1.807, 2.05) is 24.4 Å². The average Bonchev–Trinajstić information content (AvgIpc) is 3.26. The standard InChI is InChI=1S/C24H24FN3OS/c25-18-7-4-8-19(13-18)27-22(29)21-14-24(21)9-11-28(12-10-24)16-20-15-26-23(30-20)17-5-2-1-3-6-17/h1-8,13,15,21H,9-12,14,16H2,(H,27,29). The smallest absolute Gasteiger partial charge is 0.228 e. The molecular formula is C24H24FN3OS. The fourth-order valence-electron chi connectivity index (χ4n) is 4.54. The summed E-state index contributed by atoms with van der Waals surface area (Å²) < 4.78 is 13.3. The van der Waals surface area contributed by atoms with E-state index in [4.69, 9.17) is 0 Å². The van der Waals surface area contributed by atoms with Crippen molar-refractivity contribution in [1.82, 2.24) is 9.88 Å². The molecule has 2 fully saturated rings. The number of anilines is 1. The van der Waals surface area contributed by atoms with Crippen LogP contribution < -0.4 is 5.32 Å². The summed E-state index contributed by atoms with van der Waals surface area (Å²) in [6, 6.07) is 16.4. The van der Waals surface area contributed by atoms with Crippen molar-refractivity contribution in [3.05, 3.63) is 71.5 Å². The third kappa shape index (κ3) is 4.02. The van der Waals surface area contributed by atoms with Crippen molar-refractivity contribution in [2.75, 3.05) is 18.4 Å². The molecule has 1 saturated heterocycles. The number of amides is 1. The van der Waals surface area contributed by atoms with E-state index >= 15 is 0 Å². The summed E-state index contributed by atoms with van der Waals surface area (Å²) in [5.74, 6) is -0.245. The molecule has 3 aromatic rings. The quantitative estimate of drug-likeness (QED) is 0.617. The molecule has 2 aliphatic rings. The summed E-state index contributed by atoms with van der Waals surface area (Å²) in [6.45, 7) is 2.92. The Morgan fingerprint density at radius 1 is 1.17 bits per heavy atom. The molecule has 5 rings (SSSR count). The minimum atomic E-state index is -0.329. The lowest BCUT2D eigenvalue weighted by Crippen LogP contribution is -2.35. The number of hydrogen-bond acceptors (Lipinski definition) is 4. The maximum absolute atomic E-state index is 13.3. The first kappa shape index (κ1) is 19.4. The van der Waals surface area contributed by atoms with Crippen molar-refractivity contribution in [1.29, 1.82) is 0 Å². The molecule has 1 saturated carbocycles. The highest BCUT2D eigenvalue weighted by atomic mass is 32.1. The molecule has 6 heteroatoms. The fourth-order valence-corrected chi connectivity index (χ4v) is 5.50. The van der Waals surface area contributed by atoms with Crippen LogP contribution in [0.1, 0.15) is 24.1 Å². The summed E-state index contributed by atoms with van der Waals surface area (Å²) in [5, 5.41) is 3.95. The van der Waals surface area contributed by atoms with Gasteiger partial charge in [0.25, 0.3) is 0 Å². The number of hydrogen-bond donors (Lipinski definition) is 1. The van der Waals surface area contributed by atoms with Gasteiger partial charge in [-0.3, -0.25) is 9.69 Å². The van der Waals surface area contributed by atoms with Gasteiger partial charge in [-0.2, -0.15) is 0 Å². The first-order chi connectivity index (χ1) is 14.6. The van der Waals surface area contributed by atoms with Crippen LogP contribution in [-0.4, -0.2) is 28.9 Å². The Morgan fingerprint density at radius 3 is 2.73 bits per heavy atom. The number of rotatable bonds is 5. The van der Waals surface area contributed by atoms with E-state index in [0.29, 0.717) is 5.69 Å². The van der Waals surface area contributed by atoms with E-state index < -0.39 is 0 Å². The lowest BCUT2D eigenvalue weighted by molar-refractivity contribution is -0.118. The van der Waals surface area contributed by atoms with Gasteiger partial charge in [-0.25, -0.2) is 9.37 Å². The predicted molar refractivity (Wildman–Crippen MR) is 118 cm³/mol. The molecular weight excluding hydrogens is 397 g/mol. The van der Waals surface area contributed by atoms with E-state index in [1.54, 1.807) is 23.5 Å². The average molecular weight is 422 g/mol. The molecule has 0 bridgehead atoms. The third-order valence-corrected chi connectivity index (χ3v) is 7.44. The highest BCUT2D eigenvalue weighted by molar-refractivity contribution is 7.15. The van der Waals surface area contributed by atoms with Gasteiger partial charge in [0, 0.05) is 34.8 Å². The summed E-state index contributed by atoms with van der Waals surface area (Å²) >= 11 is 1.76. The van der Waals surface area contributed by atoms with Crippen LogP contribution in [-0.2, 0) is 11.3 Å². The number of nitrogens with zero attached hydrogens (tertiary/aromatic N) is 2. The summed E-state index contributed by atoms with van der Waals surface area (Å²) in [6.07, 6.45) is 5.02. The summed E-state index contributed by atoms with van der Waals surface area (Å²) in [4.78, 5) is 20.9. The number of piperidine rings is 1. The van der Waals surface area contributed by atoms with Crippen LogP contribution in [0, 0.1) is 17.2 Å². The number of aromatic nitrogens is 1. The molecule has 1 spiro atoms. The van der Waals surface area contributed by atoms with E-state index in [2.05, 4.69) is 27.3 Å². The maximum atomic E-state index is 13.3. The van der Waals surface area contributed by atoms with Gasteiger partial charge in [0.15, 0.2) is 0 Å². The molecule has 1 N–H and O–H groups in total. The number of thiazole rings is 1. The van der Waals surface area contributed by atoms with Crippen molar-refractivity contribution >= 4 is 22.9 Å². The van der Waals surface area contributed by atoms with Gasteiger partial charge >= 0.3 is 0 Å². The second-order valence-corrected chi connectivity index (χ2v) is 9.51. The van der Waals surface area contributed by atoms with E-state index in [0.717, 1.165) is 49.5 Å². The van der Waals surface area contributed by atoms with Crippen LogP contribution in [0.5, 0.6) is 0 Å². The van der Waals surface area contributed by atoms with Gasteiger partial charge in [0.1, 0.15) is 10.8 Å². The van der Waals surface area contributed by atoms with Crippen molar-refractivity contribution in [3.63, 3.8) is 0 Å². The molecule has 1 aromatic heterocycles. The highest BCUT2D eigenvalue weighted by Gasteiger charge is 2.58. The van der Waals surface area contributed by atoms with Crippen LogP contribution in [0.15, 0.2) is 60.8 Å². The fraction of sp³-hybridized carbons (Fsp3) is 0.333. The Bertz CT molecular complexity index is 1040. The zero-order valence-electron chi connectivity index (χ0n) is 16.7. The summed E-state index contributed by atoms with van der Waals surface area (Å²) in [7, 11) is 0. The van der Waals surface area contributed by atoms with E-state index in [1.165, 1.54) is 17.0 Å². The Labute approximate surface area is 179 Å². The highest BCUT2D eigenvalue weighted by Crippen LogP contribution is 2.59. The molecule has 154 valence electrons. The van der Waals surface area contributed by atoms with E-state index in [9.17, 15) is 9.18 Å². The normalized spacial score (nSPS) is 20.2.